The largest absolute Gasteiger partial charge is 0.259 e. The number of aromatic nitrogens is 3. The lowest BCUT2D eigenvalue weighted by atomic mass is 10.2. The number of H-pyrrole nitrogens is 1. The third kappa shape index (κ3) is 3.40. The van der Waals surface area contributed by atoms with Gasteiger partial charge in [-0.2, -0.15) is 5.10 Å². The van der Waals surface area contributed by atoms with Crippen LogP contribution in [0.1, 0.15) is 0 Å². The van der Waals surface area contributed by atoms with Gasteiger partial charge in [-0.1, -0.05) is 34.8 Å². The summed E-state index contributed by atoms with van der Waals surface area (Å²) < 4.78 is 23.2. The molecular weight excluding hydrogens is 395 g/mol. The van der Waals surface area contributed by atoms with Gasteiger partial charge in [-0.3, -0.25) is 5.10 Å². The molecule has 1 heterocycles. The van der Waals surface area contributed by atoms with Crippen molar-refractivity contribution in [3.05, 3.63) is 51.5 Å². The van der Waals surface area contributed by atoms with Gasteiger partial charge in [0.05, 0.1) is 10.0 Å². The number of benzene rings is 2. The van der Waals surface area contributed by atoms with E-state index in [-0.39, 0.29) is 20.8 Å². The highest BCUT2D eigenvalue weighted by Gasteiger charge is 2.19. The lowest BCUT2D eigenvalue weighted by Gasteiger charge is -2.06. The Morgan fingerprint density at radius 3 is 2.29 bits per heavy atom. The van der Waals surface area contributed by atoms with Crippen LogP contribution >= 0.6 is 34.8 Å². The van der Waals surface area contributed by atoms with Crippen LogP contribution in [0.3, 0.4) is 0 Å². The number of hydrogen-bond donors (Lipinski definition) is 2. The van der Waals surface area contributed by atoms with Gasteiger partial charge in [-0.25, -0.2) is 18.5 Å². The number of nitrogens with one attached hydrogen (secondary N) is 1. The summed E-state index contributed by atoms with van der Waals surface area (Å²) in [5.74, 6) is 0.691. The molecule has 0 saturated heterocycles. The van der Waals surface area contributed by atoms with Crippen molar-refractivity contribution in [3.63, 3.8) is 0 Å². The minimum atomic E-state index is -4.00. The molecule has 0 atom stereocenters. The Morgan fingerprint density at radius 1 is 1.00 bits per heavy atom. The fraction of sp³-hybridized carbons (Fsp3) is 0. The van der Waals surface area contributed by atoms with Crippen molar-refractivity contribution >= 4 is 44.8 Å². The van der Waals surface area contributed by atoms with Crippen molar-refractivity contribution in [3.8, 4) is 22.8 Å². The normalized spacial score (nSPS) is 11.7. The molecule has 1 aromatic heterocycles. The number of halogens is 3. The average Bonchev–Trinajstić information content (AvgIpc) is 2.96. The lowest BCUT2D eigenvalue weighted by Crippen LogP contribution is -2.13. The van der Waals surface area contributed by atoms with Crippen molar-refractivity contribution in [1.29, 1.82) is 0 Å². The number of hydrogen-bond acceptors (Lipinski definition) is 4. The molecule has 0 radical (unpaired) electrons. The maximum absolute atomic E-state index is 11.6. The van der Waals surface area contributed by atoms with Crippen LogP contribution < -0.4 is 5.14 Å². The Morgan fingerprint density at radius 2 is 1.67 bits per heavy atom. The van der Waals surface area contributed by atoms with Gasteiger partial charge < -0.3 is 0 Å². The maximum Gasteiger partial charge on any atom is 0.239 e. The maximum atomic E-state index is 11.6. The average molecular weight is 404 g/mol. The minimum absolute atomic E-state index is 0.0660. The quantitative estimate of drug-likeness (QED) is 0.695. The topological polar surface area (TPSA) is 102 Å². The molecule has 0 fully saturated rings. The molecule has 0 unspecified atom stereocenters. The lowest BCUT2D eigenvalue weighted by molar-refractivity contribution is 0.598. The first-order chi connectivity index (χ1) is 11.3. The van der Waals surface area contributed by atoms with Gasteiger partial charge in [0.15, 0.2) is 11.6 Å². The molecule has 0 aliphatic rings. The highest BCUT2D eigenvalue weighted by Crippen LogP contribution is 2.33. The van der Waals surface area contributed by atoms with Crippen LogP contribution in [0, 0.1) is 0 Å². The highest BCUT2D eigenvalue weighted by atomic mass is 35.5. The predicted molar refractivity (Wildman–Crippen MR) is 93.7 cm³/mol. The summed E-state index contributed by atoms with van der Waals surface area (Å²) in [5, 5.41) is 12.7. The molecule has 3 N–H and O–H groups in total. The van der Waals surface area contributed by atoms with Crippen LogP contribution in [0.25, 0.3) is 22.8 Å². The van der Waals surface area contributed by atoms with Crippen LogP contribution in [0.5, 0.6) is 0 Å². The fourth-order valence-electron chi connectivity index (χ4n) is 2.04. The molecule has 0 bridgehead atoms. The monoisotopic (exact) mass is 402 g/mol. The van der Waals surface area contributed by atoms with Crippen LogP contribution in [0.15, 0.2) is 41.3 Å². The van der Waals surface area contributed by atoms with Gasteiger partial charge >= 0.3 is 0 Å². The van der Waals surface area contributed by atoms with E-state index in [1.807, 2.05) is 0 Å². The summed E-state index contributed by atoms with van der Waals surface area (Å²) >= 11 is 17.9. The molecule has 0 aliphatic heterocycles. The predicted octanol–water partition coefficient (Wildman–Crippen LogP) is 3.75. The van der Waals surface area contributed by atoms with Crippen molar-refractivity contribution in [2.24, 2.45) is 5.14 Å². The molecule has 2 aromatic carbocycles. The molecule has 3 rings (SSSR count). The van der Waals surface area contributed by atoms with E-state index < -0.39 is 10.0 Å². The Hall–Kier alpha value is -1.64. The van der Waals surface area contributed by atoms with E-state index in [2.05, 4.69) is 15.2 Å². The zero-order valence-electron chi connectivity index (χ0n) is 11.8. The molecule has 10 heteroatoms. The third-order valence-electron chi connectivity index (χ3n) is 3.17. The van der Waals surface area contributed by atoms with E-state index in [1.165, 1.54) is 12.1 Å². The van der Waals surface area contributed by atoms with E-state index in [0.29, 0.717) is 16.4 Å². The number of rotatable bonds is 3. The number of sulfonamides is 1. The Labute approximate surface area is 152 Å². The third-order valence-corrected chi connectivity index (χ3v) is 5.11. The first-order valence-corrected chi connectivity index (χ1v) is 9.14. The molecule has 0 aliphatic carbocycles. The van der Waals surface area contributed by atoms with Gasteiger partial charge in [-0.15, -0.1) is 0 Å². The zero-order valence-corrected chi connectivity index (χ0v) is 14.9. The molecule has 0 saturated carbocycles. The number of nitrogens with two attached hydrogens (primary N) is 1. The highest BCUT2D eigenvalue weighted by molar-refractivity contribution is 7.89. The summed E-state index contributed by atoms with van der Waals surface area (Å²) in [6, 6.07) is 9.49. The van der Waals surface area contributed by atoms with E-state index in [1.54, 1.807) is 24.3 Å². The molecular formula is C14H9Cl3N4O2S. The SMILES string of the molecule is NS(=O)(=O)c1cc(-c2nc(-c3ccc(Cl)cc3)n[nH]2)c(Cl)cc1Cl. The van der Waals surface area contributed by atoms with E-state index in [4.69, 9.17) is 39.9 Å². The van der Waals surface area contributed by atoms with Gasteiger partial charge in [0.2, 0.25) is 10.0 Å². The summed E-state index contributed by atoms with van der Waals surface area (Å²) in [5.41, 5.74) is 1.05. The Kier molecular flexibility index (Phi) is 4.54. The van der Waals surface area contributed by atoms with Crippen LogP contribution in [-0.2, 0) is 10.0 Å². The molecule has 0 spiro atoms. The zero-order chi connectivity index (χ0) is 17.5. The fourth-order valence-corrected chi connectivity index (χ4v) is 3.57. The van der Waals surface area contributed by atoms with Crippen LogP contribution in [-0.4, -0.2) is 23.6 Å². The van der Waals surface area contributed by atoms with E-state index >= 15 is 0 Å². The second-order valence-electron chi connectivity index (χ2n) is 4.82. The number of primary sulfonamides is 1. The summed E-state index contributed by atoms with van der Waals surface area (Å²) in [7, 11) is -4.00. The summed E-state index contributed by atoms with van der Waals surface area (Å²) in [4.78, 5) is 4.08. The first kappa shape index (κ1) is 17.2. The second kappa shape index (κ2) is 6.34. The molecule has 124 valence electrons. The van der Waals surface area contributed by atoms with Crippen molar-refractivity contribution in [2.45, 2.75) is 4.90 Å². The summed E-state index contributed by atoms with van der Waals surface area (Å²) in [6.07, 6.45) is 0. The van der Waals surface area contributed by atoms with E-state index in [9.17, 15) is 8.42 Å². The van der Waals surface area contributed by atoms with Crippen molar-refractivity contribution < 1.29 is 8.42 Å². The summed E-state index contributed by atoms with van der Waals surface area (Å²) in [6.45, 7) is 0. The van der Waals surface area contributed by atoms with Gasteiger partial charge in [0, 0.05) is 16.1 Å². The second-order valence-corrected chi connectivity index (χ2v) is 7.60. The van der Waals surface area contributed by atoms with E-state index in [0.717, 1.165) is 5.56 Å². The Balaban J connectivity index is 2.09. The first-order valence-electron chi connectivity index (χ1n) is 6.46. The number of aromatic amines is 1. The smallest absolute Gasteiger partial charge is 0.239 e. The number of nitrogens with zero attached hydrogens (tertiary/aromatic N) is 2. The van der Waals surface area contributed by atoms with Gasteiger partial charge in [-0.05, 0) is 36.4 Å². The van der Waals surface area contributed by atoms with Gasteiger partial charge in [0.1, 0.15) is 4.90 Å². The van der Waals surface area contributed by atoms with Crippen molar-refractivity contribution in [2.75, 3.05) is 0 Å². The van der Waals surface area contributed by atoms with Gasteiger partial charge in [0.25, 0.3) is 0 Å². The molecule has 24 heavy (non-hydrogen) atoms. The van der Waals surface area contributed by atoms with Crippen LogP contribution in [0.4, 0.5) is 0 Å². The minimum Gasteiger partial charge on any atom is -0.259 e. The molecule has 6 nitrogen and oxygen atoms in total. The Bertz CT molecular complexity index is 1020. The molecule has 0 amide bonds. The van der Waals surface area contributed by atoms with Crippen molar-refractivity contribution in [1.82, 2.24) is 15.2 Å². The standard InChI is InChI=1S/C14H9Cl3N4O2S/c15-8-3-1-7(2-4-8)13-19-14(21-20-13)9-5-12(24(18,22)23)11(17)6-10(9)16/h1-6H,(H2,18,22,23)(H,19,20,21). The molecule has 3 aromatic rings. The van der Waals surface area contributed by atoms with Crippen LogP contribution in [0.2, 0.25) is 15.1 Å².